The number of carbonyl (C=O) groups excluding carboxylic acids is 2. The molecule has 0 radical (unpaired) electrons. The van der Waals surface area contributed by atoms with Gasteiger partial charge in [-0.3, -0.25) is 9.59 Å². The number of carbonyl (C=O) groups is 2. The molecule has 1 unspecified atom stereocenters. The Bertz CT molecular complexity index is 700. The molecule has 0 aromatic heterocycles. The van der Waals surface area contributed by atoms with Crippen LogP contribution in [-0.2, 0) is 11.3 Å². The molecule has 1 fully saturated rings. The molecule has 1 saturated heterocycles. The fourth-order valence-corrected chi connectivity index (χ4v) is 3.42. The lowest BCUT2D eigenvalue weighted by Gasteiger charge is -2.33. The van der Waals surface area contributed by atoms with E-state index in [1.165, 1.54) is 6.42 Å². The van der Waals surface area contributed by atoms with Gasteiger partial charge in [0.15, 0.2) is 5.96 Å². The maximum atomic E-state index is 12.5. The predicted molar refractivity (Wildman–Crippen MR) is 117 cm³/mol. The van der Waals surface area contributed by atoms with Crippen molar-refractivity contribution in [2.45, 2.75) is 52.1 Å². The van der Waals surface area contributed by atoms with Crippen molar-refractivity contribution in [2.24, 2.45) is 4.99 Å². The molecule has 7 heteroatoms. The molecule has 1 aromatic carbocycles. The molecule has 0 bridgehead atoms. The molecule has 0 aliphatic carbocycles. The van der Waals surface area contributed by atoms with Gasteiger partial charge in [-0.25, -0.2) is 4.99 Å². The molecule has 1 aliphatic rings. The van der Waals surface area contributed by atoms with Gasteiger partial charge in [-0.15, -0.1) is 0 Å². The zero-order chi connectivity index (χ0) is 21.2. The van der Waals surface area contributed by atoms with E-state index < -0.39 is 0 Å². The lowest BCUT2D eigenvalue weighted by molar-refractivity contribution is -0.134. The van der Waals surface area contributed by atoms with Gasteiger partial charge in [-0.1, -0.05) is 12.1 Å². The summed E-state index contributed by atoms with van der Waals surface area (Å²) in [5.74, 6) is 0.893. The van der Waals surface area contributed by atoms with E-state index in [2.05, 4.69) is 22.5 Å². The van der Waals surface area contributed by atoms with E-state index in [0.29, 0.717) is 37.1 Å². The molecule has 0 saturated carbocycles. The smallest absolute Gasteiger partial charge is 0.253 e. The Balaban J connectivity index is 1.86. The Morgan fingerprint density at radius 2 is 1.90 bits per heavy atom. The fraction of sp³-hybridized carbons (Fsp3) is 0.591. The summed E-state index contributed by atoms with van der Waals surface area (Å²) in [6.07, 6.45) is 3.88. The molecule has 7 nitrogen and oxygen atoms in total. The highest BCUT2D eigenvalue weighted by molar-refractivity contribution is 5.93. The largest absolute Gasteiger partial charge is 0.357 e. The number of amides is 2. The molecule has 1 aromatic rings. The highest BCUT2D eigenvalue weighted by Crippen LogP contribution is 2.17. The lowest BCUT2D eigenvalue weighted by Crippen LogP contribution is -2.44. The van der Waals surface area contributed by atoms with Crippen LogP contribution in [0.15, 0.2) is 29.3 Å². The summed E-state index contributed by atoms with van der Waals surface area (Å²) in [4.78, 5) is 32.6. The summed E-state index contributed by atoms with van der Waals surface area (Å²) in [7, 11) is 3.48. The Morgan fingerprint density at radius 3 is 2.52 bits per heavy atom. The van der Waals surface area contributed by atoms with Crippen molar-refractivity contribution in [1.29, 1.82) is 0 Å². The summed E-state index contributed by atoms with van der Waals surface area (Å²) in [6.45, 7) is 6.83. The van der Waals surface area contributed by atoms with Crippen molar-refractivity contribution in [1.82, 2.24) is 20.4 Å². The zero-order valence-corrected chi connectivity index (χ0v) is 18.2. The van der Waals surface area contributed by atoms with Crippen LogP contribution >= 0.6 is 0 Å². The van der Waals surface area contributed by atoms with Crippen LogP contribution in [-0.4, -0.2) is 67.3 Å². The molecule has 1 aliphatic heterocycles. The normalized spacial score (nSPS) is 17.0. The average Bonchev–Trinajstić information content (AvgIpc) is 2.72. The summed E-state index contributed by atoms with van der Waals surface area (Å²) >= 11 is 0. The number of rotatable bonds is 7. The summed E-state index contributed by atoms with van der Waals surface area (Å²) in [5, 5.41) is 6.46. The molecule has 29 heavy (non-hydrogen) atoms. The predicted octanol–water partition coefficient (Wildman–Crippen LogP) is 2.23. The number of nitrogens with one attached hydrogen (secondary N) is 2. The molecule has 2 rings (SSSR count). The molecular weight excluding hydrogens is 366 g/mol. The van der Waals surface area contributed by atoms with Gasteiger partial charge < -0.3 is 20.4 Å². The summed E-state index contributed by atoms with van der Waals surface area (Å²) < 4.78 is 0. The van der Waals surface area contributed by atoms with Crippen molar-refractivity contribution >= 4 is 17.8 Å². The van der Waals surface area contributed by atoms with Gasteiger partial charge in [0.05, 0.1) is 6.54 Å². The SMILES string of the molecule is CCNC(=NCc1ccc(C(=O)N(C)C)cc1)NCCC(=O)N1CCCCC1C. The standard InChI is InChI=1S/C22H35N5O2/c1-5-23-22(24-14-13-20(28)27-15-7-6-8-17(27)2)25-16-18-9-11-19(12-10-18)21(29)26(3)4/h9-12,17H,5-8,13-16H2,1-4H3,(H2,23,24,25). The zero-order valence-electron chi connectivity index (χ0n) is 18.2. The quantitative estimate of drug-likeness (QED) is 0.543. The Hall–Kier alpha value is -2.57. The van der Waals surface area contributed by atoms with E-state index in [1.54, 1.807) is 19.0 Å². The van der Waals surface area contributed by atoms with Crippen LogP contribution < -0.4 is 10.6 Å². The van der Waals surface area contributed by atoms with E-state index in [4.69, 9.17) is 0 Å². The lowest BCUT2D eigenvalue weighted by atomic mass is 10.0. The molecular formula is C22H35N5O2. The number of aliphatic imine (C=N–C) groups is 1. The second kappa shape index (κ2) is 11.4. The third kappa shape index (κ3) is 7.07. The molecule has 160 valence electrons. The highest BCUT2D eigenvalue weighted by Gasteiger charge is 2.22. The van der Waals surface area contributed by atoms with Gasteiger partial charge in [0.25, 0.3) is 5.91 Å². The van der Waals surface area contributed by atoms with Crippen molar-refractivity contribution in [3.63, 3.8) is 0 Å². The molecule has 2 amide bonds. The van der Waals surface area contributed by atoms with Crippen molar-refractivity contribution < 1.29 is 9.59 Å². The third-order valence-electron chi connectivity index (χ3n) is 5.13. The van der Waals surface area contributed by atoms with Gasteiger partial charge in [0.2, 0.25) is 5.91 Å². The average molecular weight is 402 g/mol. The van der Waals surface area contributed by atoms with Crippen LogP contribution in [0.3, 0.4) is 0 Å². The molecule has 2 N–H and O–H groups in total. The summed E-state index contributed by atoms with van der Waals surface area (Å²) in [5.41, 5.74) is 1.69. The molecule has 0 spiro atoms. The number of piperidine rings is 1. The third-order valence-corrected chi connectivity index (χ3v) is 5.13. The van der Waals surface area contributed by atoms with Gasteiger partial charge >= 0.3 is 0 Å². The molecule has 1 atom stereocenters. The van der Waals surface area contributed by atoms with E-state index in [9.17, 15) is 9.59 Å². The van der Waals surface area contributed by atoms with Gasteiger partial charge in [-0.2, -0.15) is 0 Å². The van der Waals surface area contributed by atoms with Crippen LogP contribution in [0.1, 0.15) is 55.5 Å². The minimum absolute atomic E-state index is 0.0113. The number of guanidine groups is 1. The highest BCUT2D eigenvalue weighted by atomic mass is 16.2. The van der Waals surface area contributed by atoms with Gasteiger partial charge in [-0.05, 0) is 50.8 Å². The van der Waals surface area contributed by atoms with E-state index in [1.807, 2.05) is 36.1 Å². The second-order valence-corrected chi connectivity index (χ2v) is 7.70. The number of likely N-dealkylation sites (tertiary alicyclic amines) is 1. The van der Waals surface area contributed by atoms with E-state index >= 15 is 0 Å². The summed E-state index contributed by atoms with van der Waals surface area (Å²) in [6, 6.07) is 7.84. The number of benzene rings is 1. The first-order valence-corrected chi connectivity index (χ1v) is 10.5. The number of nitrogens with zero attached hydrogens (tertiary/aromatic N) is 3. The minimum Gasteiger partial charge on any atom is -0.357 e. The number of hydrogen-bond acceptors (Lipinski definition) is 3. The number of hydrogen-bond donors (Lipinski definition) is 2. The van der Waals surface area contributed by atoms with Crippen molar-refractivity contribution in [3.05, 3.63) is 35.4 Å². The maximum Gasteiger partial charge on any atom is 0.253 e. The minimum atomic E-state index is -0.0113. The van der Waals surface area contributed by atoms with Crippen LogP contribution in [0.25, 0.3) is 0 Å². The second-order valence-electron chi connectivity index (χ2n) is 7.70. The van der Waals surface area contributed by atoms with Crippen molar-refractivity contribution in [3.8, 4) is 0 Å². The van der Waals surface area contributed by atoms with Gasteiger partial charge in [0, 0.05) is 51.8 Å². The van der Waals surface area contributed by atoms with Crippen LogP contribution in [0.5, 0.6) is 0 Å². The monoisotopic (exact) mass is 401 g/mol. The first kappa shape index (κ1) is 22.7. The Morgan fingerprint density at radius 1 is 1.17 bits per heavy atom. The van der Waals surface area contributed by atoms with E-state index in [0.717, 1.165) is 31.5 Å². The van der Waals surface area contributed by atoms with Crippen molar-refractivity contribution in [2.75, 3.05) is 33.7 Å². The Labute approximate surface area is 174 Å². The topological polar surface area (TPSA) is 77.0 Å². The Kier molecular flexibility index (Phi) is 8.96. The first-order valence-electron chi connectivity index (χ1n) is 10.5. The molecule has 1 heterocycles. The first-order chi connectivity index (χ1) is 13.9. The maximum absolute atomic E-state index is 12.5. The van der Waals surface area contributed by atoms with E-state index in [-0.39, 0.29) is 11.8 Å². The fourth-order valence-electron chi connectivity index (χ4n) is 3.42. The van der Waals surface area contributed by atoms with Crippen LogP contribution in [0, 0.1) is 0 Å². The van der Waals surface area contributed by atoms with Gasteiger partial charge in [0.1, 0.15) is 0 Å². The van der Waals surface area contributed by atoms with Crippen LogP contribution in [0.4, 0.5) is 0 Å². The van der Waals surface area contributed by atoms with Crippen LogP contribution in [0.2, 0.25) is 0 Å².